The van der Waals surface area contributed by atoms with Crippen molar-refractivity contribution < 1.29 is 9.53 Å². The van der Waals surface area contributed by atoms with Crippen LogP contribution in [0.5, 0.6) is 5.75 Å². The predicted molar refractivity (Wildman–Crippen MR) is 76.8 cm³/mol. The number of ether oxygens (including phenoxy) is 1. The molecule has 0 aliphatic carbocycles. The van der Waals surface area contributed by atoms with Crippen molar-refractivity contribution >= 4 is 28.9 Å². The van der Waals surface area contributed by atoms with Crippen LogP contribution in [-0.2, 0) is 0 Å². The highest BCUT2D eigenvalue weighted by molar-refractivity contribution is 6.30. The Hall–Kier alpha value is -2.20. The molecule has 19 heavy (non-hydrogen) atoms. The van der Waals surface area contributed by atoms with Gasteiger partial charge in [0.2, 0.25) is 0 Å². The number of nitrogens with two attached hydrogens (primary N) is 1. The monoisotopic (exact) mass is 276 g/mol. The summed E-state index contributed by atoms with van der Waals surface area (Å²) in [5.41, 5.74) is 7.20. The van der Waals surface area contributed by atoms with E-state index in [-0.39, 0.29) is 5.91 Å². The maximum absolute atomic E-state index is 12.1. The van der Waals surface area contributed by atoms with E-state index < -0.39 is 0 Å². The number of rotatable bonds is 3. The Morgan fingerprint density at radius 3 is 2.53 bits per heavy atom. The predicted octanol–water partition coefficient (Wildman–Crippen LogP) is 3.18. The number of nitrogens with one attached hydrogen (secondary N) is 1. The van der Waals surface area contributed by atoms with Crippen molar-refractivity contribution in [2.24, 2.45) is 0 Å². The fraction of sp³-hybridized carbons (Fsp3) is 0.0714. The summed E-state index contributed by atoms with van der Waals surface area (Å²) in [5.74, 6) is 0.286. The average Bonchev–Trinajstić information content (AvgIpc) is 2.42. The van der Waals surface area contributed by atoms with Crippen LogP contribution in [0.15, 0.2) is 42.5 Å². The van der Waals surface area contributed by atoms with Crippen LogP contribution < -0.4 is 15.8 Å². The highest BCUT2D eigenvalue weighted by Crippen LogP contribution is 2.21. The Labute approximate surface area is 116 Å². The van der Waals surface area contributed by atoms with E-state index in [2.05, 4.69) is 5.32 Å². The molecule has 0 saturated carbocycles. The first-order valence-electron chi connectivity index (χ1n) is 5.60. The Morgan fingerprint density at radius 2 is 1.89 bits per heavy atom. The van der Waals surface area contributed by atoms with Crippen molar-refractivity contribution in [3.63, 3.8) is 0 Å². The summed E-state index contributed by atoms with van der Waals surface area (Å²) < 4.78 is 5.07. The Bertz CT molecular complexity index is 597. The lowest BCUT2D eigenvalue weighted by Crippen LogP contribution is -2.14. The van der Waals surface area contributed by atoms with E-state index in [1.165, 1.54) is 7.11 Å². The smallest absolute Gasteiger partial charge is 0.257 e. The first-order chi connectivity index (χ1) is 9.10. The zero-order valence-corrected chi connectivity index (χ0v) is 11.1. The van der Waals surface area contributed by atoms with Crippen molar-refractivity contribution in [3.8, 4) is 5.75 Å². The van der Waals surface area contributed by atoms with Gasteiger partial charge in [-0.3, -0.25) is 4.79 Å². The minimum Gasteiger partial charge on any atom is -0.497 e. The van der Waals surface area contributed by atoms with E-state index >= 15 is 0 Å². The molecule has 2 aromatic carbocycles. The molecule has 98 valence electrons. The minimum absolute atomic E-state index is 0.293. The molecule has 0 atom stereocenters. The lowest BCUT2D eigenvalue weighted by Gasteiger charge is -2.09. The molecule has 1 amide bonds. The summed E-state index contributed by atoms with van der Waals surface area (Å²) in [4.78, 5) is 12.1. The molecule has 0 fully saturated rings. The van der Waals surface area contributed by atoms with Gasteiger partial charge in [0.25, 0.3) is 5.91 Å². The van der Waals surface area contributed by atoms with Crippen LogP contribution in [-0.4, -0.2) is 13.0 Å². The zero-order chi connectivity index (χ0) is 13.8. The van der Waals surface area contributed by atoms with Gasteiger partial charge in [0.1, 0.15) is 5.75 Å². The molecular formula is C14H13ClN2O2. The number of carbonyl (C=O) groups excluding carboxylic acids is 1. The number of halogens is 1. The Morgan fingerprint density at radius 1 is 1.21 bits per heavy atom. The lowest BCUT2D eigenvalue weighted by atomic mass is 10.1. The van der Waals surface area contributed by atoms with Crippen LogP contribution in [0.25, 0.3) is 0 Å². The number of methoxy groups -OCH3 is 1. The molecule has 0 spiro atoms. The molecule has 5 heteroatoms. The van der Waals surface area contributed by atoms with E-state index in [9.17, 15) is 4.79 Å². The van der Waals surface area contributed by atoms with Crippen LogP contribution in [0.1, 0.15) is 10.4 Å². The summed E-state index contributed by atoms with van der Waals surface area (Å²) >= 11 is 5.78. The van der Waals surface area contributed by atoms with Crippen molar-refractivity contribution in [2.75, 3.05) is 18.2 Å². The van der Waals surface area contributed by atoms with Crippen LogP contribution in [0.4, 0.5) is 11.4 Å². The van der Waals surface area contributed by atoms with Gasteiger partial charge in [0, 0.05) is 16.4 Å². The number of anilines is 2. The van der Waals surface area contributed by atoms with E-state index in [4.69, 9.17) is 22.1 Å². The number of hydrogen-bond acceptors (Lipinski definition) is 3. The Kier molecular flexibility index (Phi) is 3.92. The van der Waals surface area contributed by atoms with Gasteiger partial charge >= 0.3 is 0 Å². The Balaban J connectivity index is 2.22. The highest BCUT2D eigenvalue weighted by atomic mass is 35.5. The summed E-state index contributed by atoms with van der Waals surface area (Å²) in [6, 6.07) is 11.8. The lowest BCUT2D eigenvalue weighted by molar-refractivity contribution is 0.102. The quantitative estimate of drug-likeness (QED) is 0.846. The molecule has 2 aromatic rings. The second-order valence-corrected chi connectivity index (χ2v) is 4.35. The number of nitrogen functional groups attached to an aromatic ring is 1. The second-order valence-electron chi connectivity index (χ2n) is 3.91. The van der Waals surface area contributed by atoms with Gasteiger partial charge in [0.05, 0.1) is 12.7 Å². The molecule has 0 aromatic heterocycles. The largest absolute Gasteiger partial charge is 0.497 e. The molecular weight excluding hydrogens is 264 g/mol. The fourth-order valence-corrected chi connectivity index (χ4v) is 1.72. The number of amides is 1. The molecule has 0 aliphatic rings. The number of carbonyl (C=O) groups is 1. The maximum atomic E-state index is 12.1. The van der Waals surface area contributed by atoms with E-state index in [1.54, 1.807) is 42.5 Å². The van der Waals surface area contributed by atoms with Crippen molar-refractivity contribution in [1.82, 2.24) is 0 Å². The topological polar surface area (TPSA) is 64.3 Å². The molecule has 3 N–H and O–H groups in total. The molecule has 0 bridgehead atoms. The van der Waals surface area contributed by atoms with Crippen LogP contribution in [0, 0.1) is 0 Å². The van der Waals surface area contributed by atoms with E-state index in [0.717, 1.165) is 0 Å². The maximum Gasteiger partial charge on any atom is 0.257 e. The first-order valence-corrected chi connectivity index (χ1v) is 5.98. The SMILES string of the molecule is COc1ccc(N)c(C(=O)Nc2ccc(Cl)cc2)c1. The molecule has 0 heterocycles. The second kappa shape index (κ2) is 5.63. The summed E-state index contributed by atoms with van der Waals surface area (Å²) in [7, 11) is 1.53. The zero-order valence-electron chi connectivity index (χ0n) is 10.3. The third kappa shape index (κ3) is 3.17. The molecule has 0 unspecified atom stereocenters. The fourth-order valence-electron chi connectivity index (χ4n) is 1.59. The third-order valence-electron chi connectivity index (χ3n) is 2.61. The van der Waals surface area contributed by atoms with Gasteiger partial charge in [-0.05, 0) is 42.5 Å². The molecule has 0 saturated heterocycles. The molecule has 4 nitrogen and oxygen atoms in total. The van der Waals surface area contributed by atoms with Gasteiger partial charge in [0.15, 0.2) is 0 Å². The van der Waals surface area contributed by atoms with Gasteiger partial charge in [-0.1, -0.05) is 11.6 Å². The van der Waals surface area contributed by atoms with Gasteiger partial charge in [-0.2, -0.15) is 0 Å². The van der Waals surface area contributed by atoms with Crippen LogP contribution in [0.2, 0.25) is 5.02 Å². The summed E-state index contributed by atoms with van der Waals surface area (Å²) in [6.07, 6.45) is 0. The van der Waals surface area contributed by atoms with Gasteiger partial charge in [-0.15, -0.1) is 0 Å². The van der Waals surface area contributed by atoms with Crippen LogP contribution in [0.3, 0.4) is 0 Å². The van der Waals surface area contributed by atoms with E-state index in [1.807, 2.05) is 0 Å². The third-order valence-corrected chi connectivity index (χ3v) is 2.86. The van der Waals surface area contributed by atoms with Gasteiger partial charge < -0.3 is 15.8 Å². The molecule has 2 rings (SSSR count). The number of benzene rings is 2. The van der Waals surface area contributed by atoms with Gasteiger partial charge in [-0.25, -0.2) is 0 Å². The summed E-state index contributed by atoms with van der Waals surface area (Å²) in [6.45, 7) is 0. The van der Waals surface area contributed by atoms with Crippen molar-refractivity contribution in [1.29, 1.82) is 0 Å². The standard InChI is InChI=1S/C14H13ClN2O2/c1-19-11-6-7-13(16)12(8-11)14(18)17-10-4-2-9(15)3-5-10/h2-8H,16H2,1H3,(H,17,18). The normalized spacial score (nSPS) is 10.0. The van der Waals surface area contributed by atoms with Crippen LogP contribution >= 0.6 is 11.6 Å². The number of hydrogen-bond donors (Lipinski definition) is 2. The van der Waals surface area contributed by atoms with Crippen molar-refractivity contribution in [2.45, 2.75) is 0 Å². The average molecular weight is 277 g/mol. The molecule has 0 radical (unpaired) electrons. The van der Waals surface area contributed by atoms with Crippen molar-refractivity contribution in [3.05, 3.63) is 53.1 Å². The first kappa shape index (κ1) is 13.2. The van der Waals surface area contributed by atoms with E-state index in [0.29, 0.717) is 27.7 Å². The summed E-state index contributed by atoms with van der Waals surface area (Å²) in [5, 5.41) is 3.35. The highest BCUT2D eigenvalue weighted by Gasteiger charge is 2.11. The minimum atomic E-state index is -0.293. The molecule has 0 aliphatic heterocycles.